The van der Waals surface area contributed by atoms with E-state index in [9.17, 15) is 14.9 Å². The summed E-state index contributed by atoms with van der Waals surface area (Å²) in [6.45, 7) is 7.39. The van der Waals surface area contributed by atoms with Crippen LogP contribution in [-0.4, -0.2) is 39.4 Å². The zero-order valence-electron chi connectivity index (χ0n) is 12.4. The number of hydrogen-bond acceptors (Lipinski definition) is 4. The van der Waals surface area contributed by atoms with E-state index in [1.165, 1.54) is 12.1 Å². The molecule has 1 aliphatic rings. The van der Waals surface area contributed by atoms with Crippen LogP contribution in [-0.2, 0) is 0 Å². The summed E-state index contributed by atoms with van der Waals surface area (Å²) in [5.41, 5.74) is 1.32. The number of carbonyl (C=O) groups excluding carboxylic acids is 1. The van der Waals surface area contributed by atoms with Gasteiger partial charge in [0.05, 0.1) is 4.92 Å². The minimum absolute atomic E-state index is 0.0287. The first kappa shape index (κ1) is 15.6. The van der Waals surface area contributed by atoms with Gasteiger partial charge in [0, 0.05) is 41.4 Å². The number of nitro groups is 1. The molecular formula is C14H19N3O3S. The fraction of sp³-hybridized carbons (Fsp3) is 0.500. The molecule has 2 rings (SSSR count). The number of nitrogens with one attached hydrogen (secondary N) is 1. The van der Waals surface area contributed by atoms with Gasteiger partial charge in [0.15, 0.2) is 0 Å². The highest BCUT2D eigenvalue weighted by Crippen LogP contribution is 2.30. The maximum absolute atomic E-state index is 12.3. The van der Waals surface area contributed by atoms with Crippen LogP contribution in [0.15, 0.2) is 18.2 Å². The van der Waals surface area contributed by atoms with E-state index < -0.39 is 4.92 Å². The van der Waals surface area contributed by atoms with Crippen molar-refractivity contribution in [1.29, 1.82) is 0 Å². The Kier molecular flexibility index (Phi) is 4.41. The number of urea groups is 1. The van der Waals surface area contributed by atoms with E-state index in [4.69, 9.17) is 0 Å². The first-order chi connectivity index (χ1) is 9.78. The predicted octanol–water partition coefficient (Wildman–Crippen LogP) is 3.26. The van der Waals surface area contributed by atoms with Crippen molar-refractivity contribution in [3.8, 4) is 0 Å². The van der Waals surface area contributed by atoms with Crippen molar-refractivity contribution < 1.29 is 9.72 Å². The molecule has 1 saturated heterocycles. The summed E-state index contributed by atoms with van der Waals surface area (Å²) in [4.78, 5) is 24.4. The molecule has 0 aromatic heterocycles. The summed E-state index contributed by atoms with van der Waals surface area (Å²) in [5, 5.41) is 13.6. The van der Waals surface area contributed by atoms with Gasteiger partial charge in [-0.25, -0.2) is 4.79 Å². The average molecular weight is 309 g/mol. The molecule has 6 nitrogen and oxygen atoms in total. The Morgan fingerprint density at radius 2 is 2.19 bits per heavy atom. The van der Waals surface area contributed by atoms with Crippen molar-refractivity contribution in [2.24, 2.45) is 0 Å². The lowest BCUT2D eigenvalue weighted by Gasteiger charge is -2.37. The molecule has 0 saturated carbocycles. The van der Waals surface area contributed by atoms with Crippen LogP contribution in [0.2, 0.25) is 0 Å². The van der Waals surface area contributed by atoms with Gasteiger partial charge < -0.3 is 10.2 Å². The number of nitro benzene ring substituents is 1. The number of thioether (sulfide) groups is 1. The fourth-order valence-electron chi connectivity index (χ4n) is 2.29. The minimum Gasteiger partial charge on any atom is -0.322 e. The first-order valence-corrected chi connectivity index (χ1v) is 7.72. The SMILES string of the molecule is Cc1cc([N+](=O)[O-])ccc1NC(=O)N1CCSC(C)(C)C1. The summed E-state index contributed by atoms with van der Waals surface area (Å²) >= 11 is 1.86. The Morgan fingerprint density at radius 3 is 2.76 bits per heavy atom. The number of non-ortho nitro benzene ring substituents is 1. The lowest BCUT2D eigenvalue weighted by atomic mass is 10.1. The molecule has 1 aromatic carbocycles. The number of nitrogens with zero attached hydrogens (tertiary/aromatic N) is 2. The normalized spacial score (nSPS) is 17.4. The van der Waals surface area contributed by atoms with Crippen LogP contribution in [0.1, 0.15) is 19.4 Å². The van der Waals surface area contributed by atoms with E-state index in [-0.39, 0.29) is 16.5 Å². The number of hydrogen-bond donors (Lipinski definition) is 1. The Bertz CT molecular complexity index is 575. The van der Waals surface area contributed by atoms with Gasteiger partial charge in [-0.1, -0.05) is 0 Å². The minimum atomic E-state index is -0.441. The van der Waals surface area contributed by atoms with Gasteiger partial charge in [-0.2, -0.15) is 11.8 Å². The molecule has 21 heavy (non-hydrogen) atoms. The largest absolute Gasteiger partial charge is 0.322 e. The molecule has 114 valence electrons. The average Bonchev–Trinajstić information content (AvgIpc) is 2.39. The van der Waals surface area contributed by atoms with Crippen LogP contribution in [0.25, 0.3) is 0 Å². The van der Waals surface area contributed by atoms with E-state index in [0.29, 0.717) is 24.3 Å². The zero-order valence-corrected chi connectivity index (χ0v) is 13.2. The maximum Gasteiger partial charge on any atom is 0.321 e. The molecule has 0 unspecified atom stereocenters. The van der Waals surface area contributed by atoms with E-state index in [0.717, 1.165) is 5.75 Å². The Labute approximate surface area is 128 Å². The summed E-state index contributed by atoms with van der Waals surface area (Å²) in [6.07, 6.45) is 0. The standard InChI is InChI=1S/C14H19N3O3S/c1-10-8-11(17(19)20)4-5-12(10)15-13(18)16-6-7-21-14(2,3)9-16/h4-5,8H,6-7,9H2,1-3H3,(H,15,18). The molecule has 0 atom stereocenters. The third kappa shape index (κ3) is 3.87. The number of anilines is 1. The maximum atomic E-state index is 12.3. The summed E-state index contributed by atoms with van der Waals surface area (Å²) in [6, 6.07) is 4.29. The summed E-state index contributed by atoms with van der Waals surface area (Å²) < 4.78 is 0.0557. The summed E-state index contributed by atoms with van der Waals surface area (Å²) in [7, 11) is 0. The molecule has 7 heteroatoms. The highest BCUT2D eigenvalue weighted by molar-refractivity contribution is 8.00. The lowest BCUT2D eigenvalue weighted by molar-refractivity contribution is -0.384. The van der Waals surface area contributed by atoms with Crippen molar-refractivity contribution in [3.05, 3.63) is 33.9 Å². The second-order valence-electron chi connectivity index (χ2n) is 5.72. The van der Waals surface area contributed by atoms with Crippen molar-refractivity contribution >= 4 is 29.2 Å². The summed E-state index contributed by atoms with van der Waals surface area (Å²) in [5.74, 6) is 0.916. The molecule has 1 heterocycles. The van der Waals surface area contributed by atoms with E-state index >= 15 is 0 Å². The zero-order chi connectivity index (χ0) is 15.6. The fourth-order valence-corrected chi connectivity index (χ4v) is 3.40. The number of benzene rings is 1. The van der Waals surface area contributed by atoms with Gasteiger partial charge in [-0.15, -0.1) is 0 Å². The van der Waals surface area contributed by atoms with Crippen LogP contribution in [0.5, 0.6) is 0 Å². The Morgan fingerprint density at radius 1 is 1.48 bits per heavy atom. The van der Waals surface area contributed by atoms with Crippen LogP contribution in [0, 0.1) is 17.0 Å². The molecule has 1 fully saturated rings. The van der Waals surface area contributed by atoms with Crippen LogP contribution >= 0.6 is 11.8 Å². The monoisotopic (exact) mass is 309 g/mol. The van der Waals surface area contributed by atoms with E-state index in [1.807, 2.05) is 11.8 Å². The second-order valence-corrected chi connectivity index (χ2v) is 7.52. The number of carbonyl (C=O) groups is 1. The third-order valence-electron chi connectivity index (χ3n) is 3.38. The molecular weight excluding hydrogens is 290 g/mol. The molecule has 0 spiro atoms. The molecule has 1 aromatic rings. The number of amides is 2. The smallest absolute Gasteiger partial charge is 0.321 e. The Hall–Kier alpha value is -1.76. The molecule has 0 radical (unpaired) electrons. The predicted molar refractivity (Wildman–Crippen MR) is 85.0 cm³/mol. The van der Waals surface area contributed by atoms with Gasteiger partial charge in [0.25, 0.3) is 5.69 Å². The highest BCUT2D eigenvalue weighted by Gasteiger charge is 2.29. The van der Waals surface area contributed by atoms with Gasteiger partial charge in [-0.05, 0) is 32.4 Å². The van der Waals surface area contributed by atoms with Gasteiger partial charge >= 0.3 is 6.03 Å². The molecule has 2 amide bonds. The number of rotatable bonds is 2. The van der Waals surface area contributed by atoms with Crippen LogP contribution < -0.4 is 5.32 Å². The lowest BCUT2D eigenvalue weighted by Crippen LogP contribution is -2.47. The van der Waals surface area contributed by atoms with Crippen molar-refractivity contribution in [2.45, 2.75) is 25.5 Å². The van der Waals surface area contributed by atoms with Crippen molar-refractivity contribution in [1.82, 2.24) is 4.90 Å². The highest BCUT2D eigenvalue weighted by atomic mass is 32.2. The molecule has 1 aliphatic heterocycles. The van der Waals surface area contributed by atoms with Crippen molar-refractivity contribution in [3.63, 3.8) is 0 Å². The molecule has 0 bridgehead atoms. The first-order valence-electron chi connectivity index (χ1n) is 6.73. The molecule has 0 aliphatic carbocycles. The quantitative estimate of drug-likeness (QED) is 0.672. The van der Waals surface area contributed by atoms with E-state index in [1.54, 1.807) is 17.9 Å². The van der Waals surface area contributed by atoms with Crippen LogP contribution in [0.3, 0.4) is 0 Å². The topological polar surface area (TPSA) is 75.5 Å². The molecule has 1 N–H and O–H groups in total. The third-order valence-corrected chi connectivity index (χ3v) is 4.67. The van der Waals surface area contributed by atoms with Gasteiger partial charge in [0.1, 0.15) is 0 Å². The second kappa shape index (κ2) is 5.93. The van der Waals surface area contributed by atoms with Crippen LogP contribution in [0.4, 0.5) is 16.2 Å². The number of aryl methyl sites for hydroxylation is 1. The van der Waals surface area contributed by atoms with Gasteiger partial charge in [0.2, 0.25) is 0 Å². The van der Waals surface area contributed by atoms with Crippen molar-refractivity contribution in [2.75, 3.05) is 24.2 Å². The van der Waals surface area contributed by atoms with Gasteiger partial charge in [-0.3, -0.25) is 10.1 Å². The van der Waals surface area contributed by atoms with E-state index in [2.05, 4.69) is 19.2 Å². The Balaban J connectivity index is 2.07.